The molecule has 1 aromatic rings. The van der Waals surface area contributed by atoms with Crippen molar-refractivity contribution in [2.75, 3.05) is 12.3 Å². The number of rotatable bonds is 4. The van der Waals surface area contributed by atoms with E-state index in [1.807, 2.05) is 0 Å². The molecule has 0 unspecified atom stereocenters. The van der Waals surface area contributed by atoms with Crippen molar-refractivity contribution in [1.29, 1.82) is 0 Å². The summed E-state index contributed by atoms with van der Waals surface area (Å²) in [6.07, 6.45) is 0. The van der Waals surface area contributed by atoms with Crippen LogP contribution in [0.2, 0.25) is 0 Å². The quantitative estimate of drug-likeness (QED) is 0.567. The van der Waals surface area contributed by atoms with Crippen molar-refractivity contribution in [3.8, 4) is 5.75 Å². The molecule has 0 bridgehead atoms. The monoisotopic (exact) mass is 250 g/mol. The molecule has 0 aliphatic heterocycles. The highest BCUT2D eigenvalue weighted by molar-refractivity contribution is 5.95. The smallest absolute Gasteiger partial charge is 0.251 e. The maximum atomic E-state index is 11.9. The van der Waals surface area contributed by atoms with Crippen molar-refractivity contribution >= 4 is 11.6 Å². The Morgan fingerprint density at radius 1 is 1.44 bits per heavy atom. The second-order valence-electron chi connectivity index (χ2n) is 5.60. The van der Waals surface area contributed by atoms with E-state index in [0.717, 1.165) is 0 Å². The molecule has 4 N–H and O–H groups in total. The highest BCUT2D eigenvalue weighted by Gasteiger charge is 2.23. The van der Waals surface area contributed by atoms with Crippen LogP contribution in [0.1, 0.15) is 38.1 Å². The normalized spacial score (nSPS) is 11.6. The fourth-order valence-corrected chi connectivity index (χ4v) is 1.30. The first kappa shape index (κ1) is 14.4. The molecule has 0 spiro atoms. The van der Waals surface area contributed by atoms with Crippen LogP contribution in [0.4, 0.5) is 5.69 Å². The summed E-state index contributed by atoms with van der Waals surface area (Å²) in [6, 6.07) is 4.51. The minimum absolute atomic E-state index is 0.0332. The summed E-state index contributed by atoms with van der Waals surface area (Å²) in [7, 11) is 0. The van der Waals surface area contributed by atoms with Gasteiger partial charge in [0.25, 0.3) is 5.91 Å². The zero-order valence-electron chi connectivity index (χ0n) is 11.4. The molecular formula is C14H22N2O2. The van der Waals surface area contributed by atoms with Gasteiger partial charge in [-0.15, -0.1) is 0 Å². The number of hydrogen-bond acceptors (Lipinski definition) is 3. The number of hydrogen-bond donors (Lipinski definition) is 3. The lowest BCUT2D eigenvalue weighted by Crippen LogP contribution is -2.36. The van der Waals surface area contributed by atoms with E-state index in [1.165, 1.54) is 12.1 Å². The fraction of sp³-hybridized carbons (Fsp3) is 0.500. The molecule has 1 aromatic carbocycles. The average molecular weight is 250 g/mol. The lowest BCUT2D eigenvalue weighted by atomic mass is 9.81. The summed E-state index contributed by atoms with van der Waals surface area (Å²) in [5.41, 5.74) is 6.21. The maximum Gasteiger partial charge on any atom is 0.251 e. The number of nitrogen functional groups attached to an aromatic ring is 1. The van der Waals surface area contributed by atoms with Gasteiger partial charge >= 0.3 is 0 Å². The summed E-state index contributed by atoms with van der Waals surface area (Å²) in [6.45, 7) is 9.06. The molecule has 1 rings (SSSR count). The van der Waals surface area contributed by atoms with Crippen LogP contribution in [0.25, 0.3) is 0 Å². The number of carbonyl (C=O) groups excluding carboxylic acids is 1. The first-order valence-electron chi connectivity index (χ1n) is 6.10. The highest BCUT2D eigenvalue weighted by Crippen LogP contribution is 2.25. The average Bonchev–Trinajstić information content (AvgIpc) is 2.29. The molecule has 0 fully saturated rings. The molecular weight excluding hydrogens is 228 g/mol. The second-order valence-corrected chi connectivity index (χ2v) is 5.60. The Bertz CT molecular complexity index is 439. The van der Waals surface area contributed by atoms with Crippen molar-refractivity contribution in [3.63, 3.8) is 0 Å². The Balaban J connectivity index is 2.69. The third-order valence-corrected chi connectivity index (χ3v) is 3.56. The van der Waals surface area contributed by atoms with E-state index in [0.29, 0.717) is 18.0 Å². The van der Waals surface area contributed by atoms with E-state index < -0.39 is 0 Å². The van der Waals surface area contributed by atoms with Crippen molar-refractivity contribution in [1.82, 2.24) is 5.32 Å². The van der Waals surface area contributed by atoms with Gasteiger partial charge in [-0.2, -0.15) is 0 Å². The lowest BCUT2D eigenvalue weighted by Gasteiger charge is -2.29. The van der Waals surface area contributed by atoms with Gasteiger partial charge in [-0.05, 0) is 29.5 Å². The van der Waals surface area contributed by atoms with Gasteiger partial charge in [-0.1, -0.05) is 27.7 Å². The largest absolute Gasteiger partial charge is 0.506 e. The Morgan fingerprint density at radius 3 is 2.56 bits per heavy atom. The molecule has 0 heterocycles. The third kappa shape index (κ3) is 3.39. The van der Waals surface area contributed by atoms with E-state index in [1.54, 1.807) is 6.07 Å². The van der Waals surface area contributed by atoms with Gasteiger partial charge in [0.05, 0.1) is 5.69 Å². The molecule has 0 radical (unpaired) electrons. The van der Waals surface area contributed by atoms with Gasteiger partial charge in [0.15, 0.2) is 0 Å². The summed E-state index contributed by atoms with van der Waals surface area (Å²) in [5.74, 6) is 0.211. The molecule has 0 aliphatic carbocycles. The van der Waals surface area contributed by atoms with Crippen LogP contribution < -0.4 is 11.1 Å². The van der Waals surface area contributed by atoms with Gasteiger partial charge in [0.2, 0.25) is 0 Å². The fourth-order valence-electron chi connectivity index (χ4n) is 1.30. The Kier molecular flexibility index (Phi) is 4.22. The number of aromatic hydroxyl groups is 1. The minimum atomic E-state index is -0.195. The number of phenols is 1. The third-order valence-electron chi connectivity index (χ3n) is 3.56. The molecule has 4 nitrogen and oxygen atoms in total. The number of nitrogens with two attached hydrogens (primary N) is 1. The predicted molar refractivity (Wildman–Crippen MR) is 73.5 cm³/mol. The number of carbonyl (C=O) groups is 1. The van der Waals surface area contributed by atoms with Crippen LogP contribution in [0, 0.1) is 11.3 Å². The van der Waals surface area contributed by atoms with Crippen LogP contribution in [0.15, 0.2) is 18.2 Å². The molecule has 1 amide bonds. The van der Waals surface area contributed by atoms with Crippen LogP contribution in [0.5, 0.6) is 5.75 Å². The second kappa shape index (κ2) is 5.29. The molecule has 0 saturated heterocycles. The van der Waals surface area contributed by atoms with E-state index in [-0.39, 0.29) is 22.8 Å². The van der Waals surface area contributed by atoms with Crippen LogP contribution >= 0.6 is 0 Å². The van der Waals surface area contributed by atoms with Gasteiger partial charge in [-0.3, -0.25) is 4.79 Å². The standard InChI is InChI=1S/C14H22N2O2/c1-9(2)14(3,4)8-16-13(18)10-5-6-11(15)12(17)7-10/h5-7,9,17H,8,15H2,1-4H3,(H,16,18). The van der Waals surface area contributed by atoms with Gasteiger partial charge in [-0.25, -0.2) is 0 Å². The van der Waals surface area contributed by atoms with Crippen LogP contribution in [-0.4, -0.2) is 17.6 Å². The first-order valence-corrected chi connectivity index (χ1v) is 6.10. The number of nitrogens with one attached hydrogen (secondary N) is 1. The molecule has 0 aromatic heterocycles. The van der Waals surface area contributed by atoms with E-state index in [9.17, 15) is 9.90 Å². The van der Waals surface area contributed by atoms with E-state index in [2.05, 4.69) is 33.0 Å². The van der Waals surface area contributed by atoms with E-state index in [4.69, 9.17) is 5.73 Å². The topological polar surface area (TPSA) is 75.4 Å². The summed E-state index contributed by atoms with van der Waals surface area (Å²) in [4.78, 5) is 11.9. The van der Waals surface area contributed by atoms with Gasteiger partial charge in [0, 0.05) is 12.1 Å². The predicted octanol–water partition coefficient (Wildman–Crippen LogP) is 2.39. The van der Waals surface area contributed by atoms with Gasteiger partial charge in [0.1, 0.15) is 5.75 Å². The van der Waals surface area contributed by atoms with Crippen molar-refractivity contribution in [3.05, 3.63) is 23.8 Å². The minimum Gasteiger partial charge on any atom is -0.506 e. The highest BCUT2D eigenvalue weighted by atomic mass is 16.3. The Labute approximate surface area is 108 Å². The molecule has 0 aliphatic rings. The van der Waals surface area contributed by atoms with Gasteiger partial charge < -0.3 is 16.2 Å². The molecule has 18 heavy (non-hydrogen) atoms. The number of phenolic OH excluding ortho intramolecular Hbond substituents is 1. The zero-order valence-corrected chi connectivity index (χ0v) is 11.4. The van der Waals surface area contributed by atoms with E-state index >= 15 is 0 Å². The molecule has 100 valence electrons. The summed E-state index contributed by atoms with van der Waals surface area (Å²) in [5, 5.41) is 12.3. The summed E-state index contributed by atoms with van der Waals surface area (Å²) >= 11 is 0. The number of anilines is 1. The molecule has 4 heteroatoms. The van der Waals surface area contributed by atoms with Crippen molar-refractivity contribution in [2.24, 2.45) is 11.3 Å². The lowest BCUT2D eigenvalue weighted by molar-refractivity contribution is 0.0924. The Morgan fingerprint density at radius 2 is 2.06 bits per heavy atom. The molecule has 0 saturated carbocycles. The summed E-state index contributed by atoms with van der Waals surface area (Å²) < 4.78 is 0. The Hall–Kier alpha value is -1.71. The zero-order chi connectivity index (χ0) is 13.9. The van der Waals surface area contributed by atoms with Crippen molar-refractivity contribution < 1.29 is 9.90 Å². The van der Waals surface area contributed by atoms with Crippen LogP contribution in [-0.2, 0) is 0 Å². The SMILES string of the molecule is CC(C)C(C)(C)CNC(=O)c1ccc(N)c(O)c1. The van der Waals surface area contributed by atoms with Crippen LogP contribution in [0.3, 0.4) is 0 Å². The number of amides is 1. The maximum absolute atomic E-state index is 11.9. The van der Waals surface area contributed by atoms with Crippen molar-refractivity contribution in [2.45, 2.75) is 27.7 Å². The first-order chi connectivity index (χ1) is 8.24. The molecule has 0 atom stereocenters. The number of benzene rings is 1.